The summed E-state index contributed by atoms with van der Waals surface area (Å²) in [6.45, 7) is 4.41. The second-order valence-corrected chi connectivity index (χ2v) is 9.72. The number of piperidine rings is 1. The van der Waals surface area contributed by atoms with Crippen molar-refractivity contribution in [3.63, 3.8) is 0 Å². The molecular formula is C19H28N4O3S. The maximum atomic E-state index is 12.7. The van der Waals surface area contributed by atoms with Gasteiger partial charge in [-0.3, -0.25) is 9.21 Å². The van der Waals surface area contributed by atoms with E-state index in [0.29, 0.717) is 30.4 Å². The number of carbonyl (C=O) groups is 1. The van der Waals surface area contributed by atoms with Gasteiger partial charge in [-0.2, -0.15) is 0 Å². The Balaban J connectivity index is 1.36. The monoisotopic (exact) mass is 392 g/mol. The van der Waals surface area contributed by atoms with E-state index in [4.69, 9.17) is 0 Å². The van der Waals surface area contributed by atoms with Crippen LogP contribution in [-0.4, -0.2) is 68.8 Å². The first-order chi connectivity index (χ1) is 13.0. The number of rotatable bonds is 3. The van der Waals surface area contributed by atoms with Gasteiger partial charge >= 0.3 is 6.03 Å². The van der Waals surface area contributed by atoms with Crippen LogP contribution in [0.5, 0.6) is 0 Å². The zero-order valence-corrected chi connectivity index (χ0v) is 16.5. The van der Waals surface area contributed by atoms with Crippen molar-refractivity contribution in [2.75, 3.05) is 48.1 Å². The van der Waals surface area contributed by atoms with Gasteiger partial charge in [0.2, 0.25) is 10.0 Å². The Hall–Kier alpha value is -1.80. The largest absolute Gasteiger partial charge is 0.323 e. The number of nitrogens with one attached hydrogen (secondary N) is 1. The molecule has 0 unspecified atom stereocenters. The van der Waals surface area contributed by atoms with Crippen molar-refractivity contribution in [3.8, 4) is 0 Å². The average molecular weight is 393 g/mol. The van der Waals surface area contributed by atoms with Crippen LogP contribution < -0.4 is 9.62 Å². The Morgan fingerprint density at radius 1 is 0.963 bits per heavy atom. The maximum absolute atomic E-state index is 12.7. The van der Waals surface area contributed by atoms with Crippen molar-refractivity contribution in [2.45, 2.75) is 38.1 Å². The predicted octanol–water partition coefficient (Wildman–Crippen LogP) is 2.32. The van der Waals surface area contributed by atoms with Crippen LogP contribution in [-0.2, 0) is 10.0 Å². The fourth-order valence-corrected chi connectivity index (χ4v) is 5.95. The average Bonchev–Trinajstić information content (AvgIpc) is 3.32. The zero-order chi connectivity index (χ0) is 18.9. The van der Waals surface area contributed by atoms with E-state index in [1.807, 2.05) is 4.90 Å². The lowest BCUT2D eigenvalue weighted by Crippen LogP contribution is -2.50. The number of sulfonamides is 1. The molecular weight excluding hydrogens is 364 g/mol. The summed E-state index contributed by atoms with van der Waals surface area (Å²) in [7, 11) is -3.17. The van der Waals surface area contributed by atoms with Crippen LogP contribution in [0.1, 0.15) is 32.1 Å². The summed E-state index contributed by atoms with van der Waals surface area (Å²) in [5.41, 5.74) is 1.36. The van der Waals surface area contributed by atoms with Gasteiger partial charge in [0.05, 0.1) is 11.4 Å². The van der Waals surface area contributed by atoms with E-state index in [1.165, 1.54) is 23.6 Å². The molecule has 0 aliphatic carbocycles. The van der Waals surface area contributed by atoms with Crippen LogP contribution in [0, 0.1) is 0 Å². The minimum Gasteiger partial charge on any atom is -0.323 e. The number of benzene rings is 1. The lowest BCUT2D eigenvalue weighted by atomic mass is 10.0. The third-order valence-electron chi connectivity index (χ3n) is 5.85. The number of carbonyl (C=O) groups excluding carboxylic acids is 1. The molecule has 1 aromatic rings. The molecule has 0 spiro atoms. The molecule has 3 heterocycles. The van der Waals surface area contributed by atoms with E-state index in [-0.39, 0.29) is 11.8 Å². The topological polar surface area (TPSA) is 73.0 Å². The minimum absolute atomic E-state index is 0.0690. The summed E-state index contributed by atoms with van der Waals surface area (Å²) in [6.07, 6.45) is 5.40. The van der Waals surface area contributed by atoms with Gasteiger partial charge in [0.15, 0.2) is 0 Å². The zero-order valence-electron chi connectivity index (χ0n) is 15.6. The molecule has 1 N–H and O–H groups in total. The van der Waals surface area contributed by atoms with E-state index in [2.05, 4.69) is 10.2 Å². The molecule has 8 heteroatoms. The Bertz CT molecular complexity index is 775. The fraction of sp³-hybridized carbons (Fsp3) is 0.632. The summed E-state index contributed by atoms with van der Waals surface area (Å²) in [5.74, 6) is 0.207. The molecule has 0 saturated carbocycles. The molecule has 3 saturated heterocycles. The van der Waals surface area contributed by atoms with Crippen molar-refractivity contribution < 1.29 is 13.2 Å². The van der Waals surface area contributed by atoms with Gasteiger partial charge in [-0.15, -0.1) is 0 Å². The van der Waals surface area contributed by atoms with Crippen LogP contribution >= 0.6 is 0 Å². The van der Waals surface area contributed by atoms with Crippen molar-refractivity contribution in [1.82, 2.24) is 9.80 Å². The van der Waals surface area contributed by atoms with E-state index < -0.39 is 10.0 Å². The van der Waals surface area contributed by atoms with E-state index in [1.54, 1.807) is 24.3 Å². The Morgan fingerprint density at radius 2 is 1.70 bits per heavy atom. The first-order valence-electron chi connectivity index (χ1n) is 9.93. The van der Waals surface area contributed by atoms with Crippen LogP contribution in [0.2, 0.25) is 0 Å². The fourth-order valence-electron chi connectivity index (χ4n) is 4.39. The molecule has 3 aliphatic heterocycles. The summed E-state index contributed by atoms with van der Waals surface area (Å²) in [4.78, 5) is 17.1. The number of hydrogen-bond donors (Lipinski definition) is 1. The van der Waals surface area contributed by atoms with Crippen molar-refractivity contribution in [2.24, 2.45) is 0 Å². The van der Waals surface area contributed by atoms with E-state index in [0.717, 1.165) is 32.6 Å². The second-order valence-electron chi connectivity index (χ2n) is 7.70. The third kappa shape index (κ3) is 4.06. The highest BCUT2D eigenvalue weighted by Crippen LogP contribution is 2.26. The van der Waals surface area contributed by atoms with Crippen LogP contribution in [0.15, 0.2) is 24.3 Å². The number of nitrogens with zero attached hydrogens (tertiary/aromatic N) is 3. The molecule has 7 nitrogen and oxygen atoms in total. The predicted molar refractivity (Wildman–Crippen MR) is 107 cm³/mol. The van der Waals surface area contributed by atoms with Crippen molar-refractivity contribution in [3.05, 3.63) is 24.3 Å². The molecule has 0 bridgehead atoms. The first kappa shape index (κ1) is 18.6. The standard InChI is InChI=1S/C19H28N4O3S/c24-19(22-12-3-5-18(15-22)21-10-1-2-11-21)20-16-6-8-17(9-7-16)23-13-4-14-27(23,25)26/h6-9,18H,1-5,10-15H2,(H,20,24)/t18-/m1/s1. The Labute approximate surface area is 161 Å². The summed E-state index contributed by atoms with van der Waals surface area (Å²) in [5, 5.41) is 2.96. The normalized spacial score (nSPS) is 25.7. The number of hydrogen-bond acceptors (Lipinski definition) is 4. The highest BCUT2D eigenvalue weighted by Gasteiger charge is 2.30. The quantitative estimate of drug-likeness (QED) is 0.857. The highest BCUT2D eigenvalue weighted by molar-refractivity contribution is 7.93. The first-order valence-corrected chi connectivity index (χ1v) is 11.5. The number of amides is 2. The molecule has 0 aromatic heterocycles. The molecule has 4 rings (SSSR count). The van der Waals surface area contributed by atoms with Crippen molar-refractivity contribution >= 4 is 27.4 Å². The van der Waals surface area contributed by atoms with Gasteiger partial charge in [0.1, 0.15) is 0 Å². The SMILES string of the molecule is O=C(Nc1ccc(N2CCCS2(=O)=O)cc1)N1CCC[C@@H](N2CCCC2)C1. The molecule has 1 aromatic carbocycles. The summed E-state index contributed by atoms with van der Waals surface area (Å²) in [6, 6.07) is 7.50. The number of likely N-dealkylation sites (tertiary alicyclic amines) is 2. The van der Waals surface area contributed by atoms with E-state index >= 15 is 0 Å². The molecule has 2 amide bonds. The summed E-state index contributed by atoms with van der Waals surface area (Å²) >= 11 is 0. The molecule has 148 valence electrons. The minimum atomic E-state index is -3.17. The smallest absolute Gasteiger partial charge is 0.321 e. The second kappa shape index (κ2) is 7.67. The maximum Gasteiger partial charge on any atom is 0.321 e. The van der Waals surface area contributed by atoms with Gasteiger partial charge in [-0.25, -0.2) is 13.2 Å². The van der Waals surface area contributed by atoms with Gasteiger partial charge in [-0.1, -0.05) is 0 Å². The van der Waals surface area contributed by atoms with Gasteiger partial charge in [0, 0.05) is 31.4 Å². The number of anilines is 2. The Morgan fingerprint density at radius 3 is 2.37 bits per heavy atom. The molecule has 0 radical (unpaired) electrons. The molecule has 3 fully saturated rings. The van der Waals surface area contributed by atoms with Gasteiger partial charge < -0.3 is 10.2 Å². The van der Waals surface area contributed by atoms with Gasteiger partial charge in [0.25, 0.3) is 0 Å². The lowest BCUT2D eigenvalue weighted by Gasteiger charge is -2.37. The van der Waals surface area contributed by atoms with E-state index in [9.17, 15) is 13.2 Å². The van der Waals surface area contributed by atoms with Gasteiger partial charge in [-0.05, 0) is 69.5 Å². The molecule has 1 atom stereocenters. The Kier molecular flexibility index (Phi) is 5.27. The lowest BCUT2D eigenvalue weighted by molar-refractivity contribution is 0.132. The van der Waals surface area contributed by atoms with Crippen LogP contribution in [0.25, 0.3) is 0 Å². The van der Waals surface area contributed by atoms with Crippen molar-refractivity contribution in [1.29, 1.82) is 0 Å². The van der Waals surface area contributed by atoms with Crippen LogP contribution in [0.3, 0.4) is 0 Å². The third-order valence-corrected chi connectivity index (χ3v) is 7.72. The van der Waals surface area contributed by atoms with Crippen LogP contribution in [0.4, 0.5) is 16.2 Å². The summed E-state index contributed by atoms with van der Waals surface area (Å²) < 4.78 is 25.5. The highest BCUT2D eigenvalue weighted by atomic mass is 32.2. The molecule has 3 aliphatic rings. The number of urea groups is 1. The molecule has 27 heavy (non-hydrogen) atoms.